The van der Waals surface area contributed by atoms with Gasteiger partial charge in [0.25, 0.3) is 0 Å². The van der Waals surface area contributed by atoms with Crippen molar-refractivity contribution in [3.8, 4) is 0 Å². The van der Waals surface area contributed by atoms with Gasteiger partial charge in [0.2, 0.25) is 11.7 Å². The second kappa shape index (κ2) is 8.92. The average Bonchev–Trinajstić information content (AvgIpc) is 3.32. The molecule has 1 aliphatic rings. The number of amides is 1. The number of hydrogen-bond acceptors (Lipinski definition) is 6. The number of thiazole rings is 1. The molecule has 0 spiro atoms. The van der Waals surface area contributed by atoms with E-state index in [2.05, 4.69) is 20.6 Å². The van der Waals surface area contributed by atoms with Crippen molar-refractivity contribution in [1.29, 1.82) is 0 Å². The molecular formula is C18H24N6O2S. The normalized spacial score (nSPS) is 17.6. The molecule has 2 aromatic rings. The first kappa shape index (κ1) is 19.2. The van der Waals surface area contributed by atoms with Gasteiger partial charge in [0.05, 0.1) is 22.2 Å². The van der Waals surface area contributed by atoms with Crippen LogP contribution in [0.2, 0.25) is 0 Å². The van der Waals surface area contributed by atoms with Crippen molar-refractivity contribution in [2.45, 2.75) is 25.3 Å². The van der Waals surface area contributed by atoms with E-state index in [1.807, 2.05) is 24.3 Å². The fraction of sp³-hybridized carbons (Fsp3) is 0.444. The van der Waals surface area contributed by atoms with Crippen LogP contribution in [0.15, 0.2) is 29.3 Å². The summed E-state index contributed by atoms with van der Waals surface area (Å²) < 4.78 is 0.950. The predicted molar refractivity (Wildman–Crippen MR) is 107 cm³/mol. The Balaban J connectivity index is 1.73. The molecule has 1 saturated heterocycles. The van der Waals surface area contributed by atoms with Gasteiger partial charge in [-0.3, -0.25) is 14.6 Å². The SMILES string of the molecule is NC(N)=NCCCC(NC(=O)[C@@H]1CCNC1)C(=O)c1nc2ccccc2s1. The van der Waals surface area contributed by atoms with Gasteiger partial charge in [-0.25, -0.2) is 4.98 Å². The van der Waals surface area contributed by atoms with E-state index in [4.69, 9.17) is 11.5 Å². The molecule has 2 heterocycles. The Morgan fingerprint density at radius 3 is 2.89 bits per heavy atom. The predicted octanol–water partition coefficient (Wildman–Crippen LogP) is 0.627. The number of hydrogen-bond donors (Lipinski definition) is 4. The van der Waals surface area contributed by atoms with E-state index in [-0.39, 0.29) is 23.6 Å². The van der Waals surface area contributed by atoms with Crippen LogP contribution in [-0.4, -0.2) is 48.3 Å². The van der Waals surface area contributed by atoms with Crippen LogP contribution in [0.1, 0.15) is 29.1 Å². The Morgan fingerprint density at radius 2 is 2.19 bits per heavy atom. The van der Waals surface area contributed by atoms with Gasteiger partial charge in [0.1, 0.15) is 0 Å². The summed E-state index contributed by atoms with van der Waals surface area (Å²) in [7, 11) is 0. The molecule has 8 nitrogen and oxygen atoms in total. The van der Waals surface area contributed by atoms with E-state index in [1.54, 1.807) is 0 Å². The molecule has 0 aliphatic carbocycles. The molecule has 9 heteroatoms. The molecule has 1 aromatic carbocycles. The maximum absolute atomic E-state index is 13.0. The summed E-state index contributed by atoms with van der Waals surface area (Å²) in [5.74, 6) is -0.347. The van der Waals surface area contributed by atoms with Crippen LogP contribution in [0.25, 0.3) is 10.2 Å². The Kier molecular flexibility index (Phi) is 6.36. The maximum Gasteiger partial charge on any atom is 0.225 e. The Hall–Kier alpha value is -2.52. The third-order valence-electron chi connectivity index (χ3n) is 4.51. The maximum atomic E-state index is 13.0. The van der Waals surface area contributed by atoms with Gasteiger partial charge >= 0.3 is 0 Å². The van der Waals surface area contributed by atoms with Crippen molar-refractivity contribution in [2.24, 2.45) is 22.4 Å². The number of guanidine groups is 1. The molecule has 2 atom stereocenters. The van der Waals surface area contributed by atoms with Gasteiger partial charge in [0, 0.05) is 13.1 Å². The smallest absolute Gasteiger partial charge is 0.225 e. The van der Waals surface area contributed by atoms with E-state index >= 15 is 0 Å². The summed E-state index contributed by atoms with van der Waals surface area (Å²) in [6, 6.07) is 6.97. The van der Waals surface area contributed by atoms with Gasteiger partial charge in [-0.05, 0) is 37.9 Å². The number of carbonyl (C=O) groups excluding carboxylic acids is 2. The lowest BCUT2D eigenvalue weighted by atomic mass is 10.0. The van der Waals surface area contributed by atoms with Crippen LogP contribution in [-0.2, 0) is 4.79 Å². The highest BCUT2D eigenvalue weighted by Gasteiger charge is 2.29. The van der Waals surface area contributed by atoms with Crippen molar-refractivity contribution in [3.05, 3.63) is 29.3 Å². The van der Waals surface area contributed by atoms with Crippen LogP contribution in [0.5, 0.6) is 0 Å². The molecule has 144 valence electrons. The number of aromatic nitrogens is 1. The largest absolute Gasteiger partial charge is 0.370 e. The van der Waals surface area contributed by atoms with Gasteiger partial charge in [-0.2, -0.15) is 0 Å². The number of nitrogens with two attached hydrogens (primary N) is 2. The number of benzene rings is 1. The molecule has 6 N–H and O–H groups in total. The molecule has 1 aromatic heterocycles. The van der Waals surface area contributed by atoms with Crippen molar-refractivity contribution < 1.29 is 9.59 Å². The summed E-state index contributed by atoms with van der Waals surface area (Å²) in [6.07, 6.45) is 1.82. The quantitative estimate of drug-likeness (QED) is 0.227. The summed E-state index contributed by atoms with van der Waals surface area (Å²) >= 11 is 1.35. The molecule has 0 saturated carbocycles. The van der Waals surface area contributed by atoms with Gasteiger partial charge in [-0.1, -0.05) is 12.1 Å². The van der Waals surface area contributed by atoms with Gasteiger partial charge in [0.15, 0.2) is 11.0 Å². The minimum Gasteiger partial charge on any atom is -0.370 e. The van der Waals surface area contributed by atoms with Crippen molar-refractivity contribution >= 4 is 39.2 Å². The molecule has 1 fully saturated rings. The highest BCUT2D eigenvalue weighted by molar-refractivity contribution is 7.20. The monoisotopic (exact) mass is 388 g/mol. The average molecular weight is 388 g/mol. The molecule has 1 aliphatic heterocycles. The first-order valence-corrected chi connectivity index (χ1v) is 9.82. The number of rotatable bonds is 8. The van der Waals surface area contributed by atoms with E-state index in [9.17, 15) is 9.59 Å². The molecule has 0 bridgehead atoms. The molecule has 1 unspecified atom stereocenters. The zero-order valence-electron chi connectivity index (χ0n) is 15.0. The van der Waals surface area contributed by atoms with Crippen LogP contribution in [0.4, 0.5) is 0 Å². The van der Waals surface area contributed by atoms with E-state index in [1.165, 1.54) is 11.3 Å². The van der Waals surface area contributed by atoms with Crippen molar-refractivity contribution in [2.75, 3.05) is 19.6 Å². The first-order chi connectivity index (χ1) is 13.0. The number of fused-ring (bicyclic) bond motifs is 1. The number of carbonyl (C=O) groups is 2. The summed E-state index contributed by atoms with van der Waals surface area (Å²) in [5, 5.41) is 6.50. The number of aliphatic imine (C=N–C) groups is 1. The lowest BCUT2D eigenvalue weighted by Crippen LogP contribution is -2.44. The molecule has 3 rings (SSSR count). The summed E-state index contributed by atoms with van der Waals surface area (Å²) in [5.41, 5.74) is 11.5. The molecule has 1 amide bonds. The summed E-state index contributed by atoms with van der Waals surface area (Å²) in [6.45, 7) is 1.87. The second-order valence-corrected chi connectivity index (χ2v) is 7.58. The number of Topliss-reactive ketones (excluding diaryl/α,β-unsaturated/α-hetero) is 1. The topological polar surface area (TPSA) is 135 Å². The van der Waals surface area contributed by atoms with Crippen LogP contribution in [0.3, 0.4) is 0 Å². The number of para-hydroxylation sites is 1. The second-order valence-electron chi connectivity index (χ2n) is 6.55. The van der Waals surface area contributed by atoms with E-state index in [0.29, 0.717) is 30.9 Å². The Morgan fingerprint density at radius 1 is 1.37 bits per heavy atom. The minimum atomic E-state index is -0.632. The molecule has 27 heavy (non-hydrogen) atoms. The Labute approximate surface area is 161 Å². The lowest BCUT2D eigenvalue weighted by molar-refractivity contribution is -0.124. The molecule has 0 radical (unpaired) electrons. The van der Waals surface area contributed by atoms with E-state index in [0.717, 1.165) is 23.2 Å². The van der Waals surface area contributed by atoms with Crippen LogP contribution >= 0.6 is 11.3 Å². The van der Waals surface area contributed by atoms with Gasteiger partial charge in [-0.15, -0.1) is 11.3 Å². The van der Waals surface area contributed by atoms with Crippen molar-refractivity contribution in [1.82, 2.24) is 15.6 Å². The van der Waals surface area contributed by atoms with Gasteiger partial charge < -0.3 is 22.1 Å². The zero-order chi connectivity index (χ0) is 19.2. The Bertz CT molecular complexity index is 806. The third kappa shape index (κ3) is 5.01. The van der Waals surface area contributed by atoms with E-state index < -0.39 is 6.04 Å². The summed E-state index contributed by atoms with van der Waals surface area (Å²) in [4.78, 5) is 33.9. The third-order valence-corrected chi connectivity index (χ3v) is 5.56. The number of nitrogens with one attached hydrogen (secondary N) is 2. The standard InChI is InChI=1S/C18H24N6O2S/c19-18(20)22-8-3-5-13(23-16(26)11-7-9-21-10-11)15(25)17-24-12-4-1-2-6-14(12)27-17/h1-2,4,6,11,13,21H,3,5,7-10H2,(H,23,26)(H4,19,20,22)/t11-,13?/m1/s1. The van der Waals surface area contributed by atoms with Crippen molar-refractivity contribution in [3.63, 3.8) is 0 Å². The fourth-order valence-electron chi connectivity index (χ4n) is 3.07. The first-order valence-electron chi connectivity index (χ1n) is 9.01. The lowest BCUT2D eigenvalue weighted by Gasteiger charge is -2.18. The fourth-order valence-corrected chi connectivity index (χ4v) is 4.03. The highest BCUT2D eigenvalue weighted by Crippen LogP contribution is 2.23. The highest BCUT2D eigenvalue weighted by atomic mass is 32.1. The number of ketones is 1. The minimum absolute atomic E-state index is 0.0186. The molecular weight excluding hydrogens is 364 g/mol. The van der Waals surface area contributed by atoms with Crippen LogP contribution < -0.4 is 22.1 Å². The van der Waals surface area contributed by atoms with Crippen LogP contribution in [0, 0.1) is 5.92 Å². The zero-order valence-corrected chi connectivity index (χ0v) is 15.8. The number of nitrogens with zero attached hydrogens (tertiary/aromatic N) is 2.